The summed E-state index contributed by atoms with van der Waals surface area (Å²) in [5.41, 5.74) is 8.00. The van der Waals surface area contributed by atoms with Crippen LogP contribution in [0.4, 0.5) is 5.69 Å². The van der Waals surface area contributed by atoms with Crippen LogP contribution in [0.3, 0.4) is 0 Å². The molecule has 100 valence electrons. The summed E-state index contributed by atoms with van der Waals surface area (Å²) >= 11 is 6.36. The molecule has 1 aliphatic rings. The molecule has 1 heterocycles. The summed E-state index contributed by atoms with van der Waals surface area (Å²) in [6.45, 7) is 7.90. The van der Waals surface area contributed by atoms with E-state index in [4.69, 9.17) is 22.1 Å². The van der Waals surface area contributed by atoms with Crippen LogP contribution >= 0.6 is 11.6 Å². The molecule has 1 aromatic carbocycles. The van der Waals surface area contributed by atoms with Crippen molar-refractivity contribution in [3.05, 3.63) is 28.8 Å². The van der Waals surface area contributed by atoms with E-state index >= 15 is 0 Å². The normalized spacial score (nSPS) is 26.2. The molecule has 0 aliphatic carbocycles. The zero-order valence-electron chi connectivity index (χ0n) is 11.2. The Hall–Kier alpha value is -0.770. The Morgan fingerprint density at radius 1 is 1.33 bits per heavy atom. The summed E-state index contributed by atoms with van der Waals surface area (Å²) in [5.74, 6) is 0. The first-order valence-corrected chi connectivity index (χ1v) is 6.80. The summed E-state index contributed by atoms with van der Waals surface area (Å²) < 4.78 is 5.73. The first-order chi connectivity index (χ1) is 8.47. The summed E-state index contributed by atoms with van der Waals surface area (Å²) in [5, 5.41) is 0.770. The van der Waals surface area contributed by atoms with Crippen LogP contribution in [-0.2, 0) is 4.74 Å². The maximum atomic E-state index is 6.36. The van der Waals surface area contributed by atoms with Gasteiger partial charge in [-0.2, -0.15) is 0 Å². The van der Waals surface area contributed by atoms with Crippen LogP contribution in [0.25, 0.3) is 0 Å². The Balaban J connectivity index is 2.22. The third-order valence-corrected chi connectivity index (χ3v) is 3.56. The van der Waals surface area contributed by atoms with Crippen LogP contribution in [0.2, 0.25) is 5.02 Å². The van der Waals surface area contributed by atoms with Gasteiger partial charge >= 0.3 is 0 Å². The number of hydrogen-bond acceptors (Lipinski definition) is 3. The molecule has 3 nitrogen and oxygen atoms in total. The maximum Gasteiger partial charge on any atom is 0.0726 e. The number of anilines is 1. The molecule has 1 saturated heterocycles. The van der Waals surface area contributed by atoms with E-state index in [0.717, 1.165) is 29.4 Å². The first kappa shape index (κ1) is 13.7. The summed E-state index contributed by atoms with van der Waals surface area (Å²) in [6, 6.07) is 6.09. The molecule has 1 fully saturated rings. The predicted molar refractivity (Wildman–Crippen MR) is 76.3 cm³/mol. The molecule has 18 heavy (non-hydrogen) atoms. The number of rotatable bonds is 2. The van der Waals surface area contributed by atoms with Crippen LogP contribution in [-0.4, -0.2) is 25.3 Å². The van der Waals surface area contributed by atoms with Gasteiger partial charge in [0.25, 0.3) is 0 Å². The lowest BCUT2D eigenvalue weighted by Gasteiger charge is -2.37. The van der Waals surface area contributed by atoms with Gasteiger partial charge in [-0.05, 0) is 38.5 Å². The number of benzene rings is 1. The highest BCUT2D eigenvalue weighted by molar-refractivity contribution is 6.33. The van der Waals surface area contributed by atoms with E-state index in [-0.39, 0.29) is 18.2 Å². The molecular formula is C14H21ClN2O. The van der Waals surface area contributed by atoms with Crippen LogP contribution in [0.1, 0.15) is 32.4 Å². The molecule has 0 spiro atoms. The van der Waals surface area contributed by atoms with Gasteiger partial charge < -0.3 is 15.4 Å². The quantitative estimate of drug-likeness (QED) is 0.896. The summed E-state index contributed by atoms with van der Waals surface area (Å²) in [7, 11) is 0. The molecule has 2 rings (SSSR count). The SMILES string of the molecule is CC1CN(c2ccc(C(C)N)cc2Cl)CC(C)O1. The topological polar surface area (TPSA) is 38.5 Å². The van der Waals surface area contributed by atoms with Gasteiger partial charge in [0.1, 0.15) is 0 Å². The van der Waals surface area contributed by atoms with Crippen molar-refractivity contribution < 1.29 is 4.74 Å². The highest BCUT2D eigenvalue weighted by Gasteiger charge is 2.23. The second kappa shape index (κ2) is 5.47. The lowest BCUT2D eigenvalue weighted by atomic mass is 10.1. The van der Waals surface area contributed by atoms with Gasteiger partial charge in [0, 0.05) is 19.1 Å². The summed E-state index contributed by atoms with van der Waals surface area (Å²) in [6.07, 6.45) is 0.468. The molecule has 3 unspecified atom stereocenters. The molecule has 0 aromatic heterocycles. The van der Waals surface area contributed by atoms with E-state index in [1.165, 1.54) is 0 Å². The number of nitrogens with zero attached hydrogens (tertiary/aromatic N) is 1. The van der Waals surface area contributed by atoms with Gasteiger partial charge in [0.15, 0.2) is 0 Å². The molecule has 0 amide bonds. The molecule has 0 radical (unpaired) electrons. The number of ether oxygens (including phenoxy) is 1. The Kier molecular flexibility index (Phi) is 4.15. The van der Waals surface area contributed by atoms with Crippen LogP contribution in [0.15, 0.2) is 18.2 Å². The van der Waals surface area contributed by atoms with E-state index in [9.17, 15) is 0 Å². The minimum absolute atomic E-state index is 0.0130. The summed E-state index contributed by atoms with van der Waals surface area (Å²) in [4.78, 5) is 2.28. The molecule has 2 N–H and O–H groups in total. The second-order valence-electron chi connectivity index (χ2n) is 5.16. The minimum atomic E-state index is 0.0130. The number of nitrogens with two attached hydrogens (primary N) is 1. The molecule has 0 bridgehead atoms. The van der Waals surface area contributed by atoms with E-state index in [1.54, 1.807) is 0 Å². The highest BCUT2D eigenvalue weighted by Crippen LogP contribution is 2.30. The monoisotopic (exact) mass is 268 g/mol. The Morgan fingerprint density at radius 3 is 2.44 bits per heavy atom. The van der Waals surface area contributed by atoms with Crippen molar-refractivity contribution in [1.82, 2.24) is 0 Å². The zero-order valence-corrected chi connectivity index (χ0v) is 11.9. The Morgan fingerprint density at radius 2 is 1.94 bits per heavy atom. The minimum Gasteiger partial charge on any atom is -0.372 e. The lowest BCUT2D eigenvalue weighted by Crippen LogP contribution is -2.45. The van der Waals surface area contributed by atoms with Gasteiger partial charge in [-0.3, -0.25) is 0 Å². The fraction of sp³-hybridized carbons (Fsp3) is 0.571. The van der Waals surface area contributed by atoms with Crippen molar-refractivity contribution in [2.75, 3.05) is 18.0 Å². The smallest absolute Gasteiger partial charge is 0.0726 e. The van der Waals surface area contributed by atoms with E-state index in [1.807, 2.05) is 13.0 Å². The van der Waals surface area contributed by atoms with E-state index in [0.29, 0.717) is 0 Å². The van der Waals surface area contributed by atoms with Gasteiger partial charge in [-0.1, -0.05) is 17.7 Å². The molecule has 4 heteroatoms. The molecule has 0 saturated carbocycles. The van der Waals surface area contributed by atoms with Gasteiger partial charge in [0.05, 0.1) is 22.9 Å². The standard InChI is InChI=1S/C14H21ClN2O/c1-9-7-17(8-10(2)18-9)14-5-4-12(11(3)16)6-13(14)15/h4-6,9-11H,7-8,16H2,1-3H3. The third kappa shape index (κ3) is 2.97. The van der Waals surface area contributed by atoms with Crippen LogP contribution in [0, 0.1) is 0 Å². The van der Waals surface area contributed by atoms with E-state index in [2.05, 4.69) is 30.9 Å². The lowest BCUT2D eigenvalue weighted by molar-refractivity contribution is -0.00520. The number of halogens is 1. The van der Waals surface area contributed by atoms with Crippen molar-refractivity contribution in [3.63, 3.8) is 0 Å². The van der Waals surface area contributed by atoms with Crippen LogP contribution in [0.5, 0.6) is 0 Å². The molecule has 1 aromatic rings. The maximum absolute atomic E-state index is 6.36. The molecule has 3 atom stereocenters. The predicted octanol–water partition coefficient (Wildman–Crippen LogP) is 2.97. The van der Waals surface area contributed by atoms with Gasteiger partial charge in [0.2, 0.25) is 0 Å². The van der Waals surface area contributed by atoms with Crippen molar-refractivity contribution in [1.29, 1.82) is 0 Å². The molecule has 1 aliphatic heterocycles. The van der Waals surface area contributed by atoms with Gasteiger partial charge in [-0.15, -0.1) is 0 Å². The van der Waals surface area contributed by atoms with Crippen molar-refractivity contribution in [3.8, 4) is 0 Å². The fourth-order valence-corrected chi connectivity index (χ4v) is 2.75. The average Bonchev–Trinajstić information content (AvgIpc) is 2.27. The third-order valence-electron chi connectivity index (χ3n) is 3.26. The Labute approximate surface area is 114 Å². The van der Waals surface area contributed by atoms with Crippen molar-refractivity contribution >= 4 is 17.3 Å². The number of morpholine rings is 1. The number of hydrogen-bond donors (Lipinski definition) is 1. The Bertz CT molecular complexity index is 412. The largest absolute Gasteiger partial charge is 0.372 e. The van der Waals surface area contributed by atoms with Crippen LogP contribution < -0.4 is 10.6 Å². The second-order valence-corrected chi connectivity index (χ2v) is 5.57. The van der Waals surface area contributed by atoms with E-state index < -0.39 is 0 Å². The molecular weight excluding hydrogens is 248 g/mol. The fourth-order valence-electron chi connectivity index (χ4n) is 2.44. The first-order valence-electron chi connectivity index (χ1n) is 6.43. The van der Waals surface area contributed by atoms with Crippen molar-refractivity contribution in [2.24, 2.45) is 5.73 Å². The van der Waals surface area contributed by atoms with Gasteiger partial charge in [-0.25, -0.2) is 0 Å². The van der Waals surface area contributed by atoms with Crippen molar-refractivity contribution in [2.45, 2.75) is 39.0 Å². The average molecular weight is 269 g/mol. The zero-order chi connectivity index (χ0) is 13.3. The highest BCUT2D eigenvalue weighted by atomic mass is 35.5.